The van der Waals surface area contributed by atoms with Crippen molar-refractivity contribution in [2.24, 2.45) is 0 Å². The van der Waals surface area contributed by atoms with Gasteiger partial charge in [-0.15, -0.1) is 0 Å². The van der Waals surface area contributed by atoms with E-state index in [-0.39, 0.29) is 13.2 Å². The van der Waals surface area contributed by atoms with E-state index in [0.717, 1.165) is 97.3 Å². The number of fused-ring (bicyclic) bond motifs is 8. The molecular weight excluding hydrogens is 1440 g/mol. The van der Waals surface area contributed by atoms with Crippen molar-refractivity contribution >= 4 is 121 Å². The maximum Gasteiger partial charge on any atom is 0.530 e. The Labute approximate surface area is 641 Å². The van der Waals surface area contributed by atoms with Gasteiger partial charge >= 0.3 is 34.4 Å². The highest BCUT2D eigenvalue weighted by molar-refractivity contribution is 7.43. The first-order chi connectivity index (χ1) is 54.4. The molecule has 16 heteroatoms. The van der Waals surface area contributed by atoms with Crippen LogP contribution in [0, 0.1) is 0 Å². The van der Waals surface area contributed by atoms with E-state index in [9.17, 15) is 0 Å². The van der Waals surface area contributed by atoms with E-state index in [0.29, 0.717) is 57.5 Å². The molecule has 0 N–H and O–H groups in total. The maximum absolute atomic E-state index is 6.70. The highest BCUT2D eigenvalue weighted by Crippen LogP contribution is 2.51. The van der Waals surface area contributed by atoms with Crippen LogP contribution in [0.5, 0.6) is 57.5 Å². The van der Waals surface area contributed by atoms with E-state index in [1.165, 1.54) is 0 Å². The van der Waals surface area contributed by atoms with Crippen LogP contribution in [0.4, 0.5) is 0 Å². The summed E-state index contributed by atoms with van der Waals surface area (Å²) in [5.74, 6) is 6.33. The monoisotopic (exact) mass is 1510 g/mol. The van der Waals surface area contributed by atoms with Gasteiger partial charge in [0.2, 0.25) is 0 Å². The first-order valence-electron chi connectivity index (χ1n) is 35.7. The van der Waals surface area contributed by atoms with E-state index in [1.54, 1.807) is 0 Å². The second-order valence-electron chi connectivity index (χ2n) is 25.5. The summed E-state index contributed by atoms with van der Waals surface area (Å²) in [4.78, 5) is 0. The zero-order valence-electron chi connectivity index (χ0n) is 59.1. The van der Waals surface area contributed by atoms with Gasteiger partial charge in [-0.25, -0.2) is 0 Å². The van der Waals surface area contributed by atoms with Crippen LogP contribution in [-0.2, 0) is 22.3 Å². The molecule has 536 valence electrons. The molecular formula is C94H68O12P4. The van der Waals surface area contributed by atoms with Crippen LogP contribution in [0.1, 0.15) is 11.1 Å². The van der Waals surface area contributed by atoms with Crippen molar-refractivity contribution in [2.75, 3.05) is 0 Å². The molecule has 0 heterocycles. The Morgan fingerprint density at radius 1 is 0.155 bits per heavy atom. The Morgan fingerprint density at radius 2 is 0.364 bits per heavy atom. The average molecular weight is 1510 g/mol. The predicted octanol–water partition coefficient (Wildman–Crippen LogP) is 27.9. The van der Waals surface area contributed by atoms with Crippen molar-refractivity contribution in [3.63, 3.8) is 0 Å². The van der Waals surface area contributed by atoms with Gasteiger partial charge in [0.15, 0.2) is 0 Å². The van der Waals surface area contributed by atoms with Crippen molar-refractivity contribution in [1.82, 2.24) is 0 Å². The molecule has 0 spiro atoms. The normalized spacial score (nSPS) is 11.4. The van der Waals surface area contributed by atoms with Gasteiger partial charge in [-0.05, 0) is 150 Å². The summed E-state index contributed by atoms with van der Waals surface area (Å²) in [5, 5.41) is 16.8. The number of benzene rings is 18. The summed E-state index contributed by atoms with van der Waals surface area (Å²) in [7, 11) is -7.83. The lowest BCUT2D eigenvalue weighted by Crippen LogP contribution is -2.06. The zero-order valence-corrected chi connectivity index (χ0v) is 62.6. The number of rotatable bonds is 26. The molecule has 0 aliphatic rings. The highest BCUT2D eigenvalue weighted by atomic mass is 31.2. The van der Waals surface area contributed by atoms with Gasteiger partial charge in [-0.2, -0.15) is 0 Å². The van der Waals surface area contributed by atoms with E-state index in [1.807, 2.05) is 291 Å². The van der Waals surface area contributed by atoms with Crippen molar-refractivity contribution in [2.45, 2.75) is 13.2 Å². The maximum atomic E-state index is 6.70. The topological polar surface area (TPSA) is 111 Å². The Hall–Kier alpha value is -12.3. The Bertz CT molecular complexity index is 5920. The molecule has 0 fully saturated rings. The van der Waals surface area contributed by atoms with Crippen molar-refractivity contribution in [3.05, 3.63) is 399 Å². The van der Waals surface area contributed by atoms with Gasteiger partial charge in [-0.1, -0.05) is 303 Å². The van der Waals surface area contributed by atoms with Crippen molar-refractivity contribution < 1.29 is 54.3 Å². The van der Waals surface area contributed by atoms with Gasteiger partial charge in [0.05, 0.1) is 13.2 Å². The molecule has 0 amide bonds. The quantitative estimate of drug-likeness (QED) is 0.0481. The zero-order chi connectivity index (χ0) is 73.6. The minimum absolute atomic E-state index is 0.128. The first kappa shape index (κ1) is 70.6. The third kappa shape index (κ3) is 17.1. The number of hydrogen-bond acceptors (Lipinski definition) is 12. The molecule has 0 aromatic heterocycles. The van der Waals surface area contributed by atoms with Crippen LogP contribution in [0.2, 0.25) is 0 Å². The molecule has 18 aromatic rings. The molecule has 0 unspecified atom stereocenters. The highest BCUT2D eigenvalue weighted by Gasteiger charge is 2.28. The van der Waals surface area contributed by atoms with E-state index < -0.39 is 34.4 Å². The second kappa shape index (κ2) is 33.9. The lowest BCUT2D eigenvalue weighted by molar-refractivity contribution is 0.253. The molecule has 0 bridgehead atoms. The van der Waals surface area contributed by atoms with Gasteiger partial charge in [0, 0.05) is 32.7 Å². The summed E-state index contributed by atoms with van der Waals surface area (Å²) in [6, 6.07) is 128. The molecule has 110 heavy (non-hydrogen) atoms. The average Bonchev–Trinajstić information content (AvgIpc) is 0.795. The summed E-state index contributed by atoms with van der Waals surface area (Å²) < 4.78 is 78.7. The molecule has 0 radical (unpaired) electrons. The van der Waals surface area contributed by atoms with Crippen LogP contribution in [0.3, 0.4) is 0 Å². The summed E-state index contributed by atoms with van der Waals surface area (Å²) in [6.45, 7) is 0.265. The Kier molecular flexibility index (Phi) is 21.7. The molecule has 18 rings (SSSR count). The minimum Gasteiger partial charge on any atom is -0.418 e. The predicted molar refractivity (Wildman–Crippen MR) is 448 cm³/mol. The smallest absolute Gasteiger partial charge is 0.418 e. The second-order valence-corrected chi connectivity index (χ2v) is 29.6. The molecule has 0 aliphatic carbocycles. The van der Waals surface area contributed by atoms with Gasteiger partial charge in [0.25, 0.3) is 0 Å². The molecule has 0 saturated heterocycles. The van der Waals surface area contributed by atoms with Crippen LogP contribution in [-0.4, -0.2) is 0 Å². The van der Waals surface area contributed by atoms with Crippen molar-refractivity contribution in [3.8, 4) is 57.5 Å². The van der Waals surface area contributed by atoms with Gasteiger partial charge in [0.1, 0.15) is 57.5 Å². The molecule has 12 nitrogen and oxygen atoms in total. The fourth-order valence-electron chi connectivity index (χ4n) is 12.7. The molecule has 18 aromatic carbocycles. The fourth-order valence-corrected chi connectivity index (χ4v) is 16.8. The third-order valence-electron chi connectivity index (χ3n) is 18.2. The molecule has 0 aliphatic heterocycles. The van der Waals surface area contributed by atoms with Crippen LogP contribution in [0.25, 0.3) is 86.2 Å². The van der Waals surface area contributed by atoms with Crippen LogP contribution in [0.15, 0.2) is 388 Å². The molecule has 0 atom stereocenters. The Balaban J connectivity index is 0.000000160. The first-order valence-corrected chi connectivity index (χ1v) is 40.1. The third-order valence-corrected chi connectivity index (χ3v) is 22.4. The van der Waals surface area contributed by atoms with Gasteiger partial charge < -0.3 is 45.2 Å². The van der Waals surface area contributed by atoms with E-state index in [4.69, 9.17) is 54.3 Å². The number of para-hydroxylation sites is 2. The largest absolute Gasteiger partial charge is 0.530 e. The Morgan fingerprint density at radius 3 is 0.682 bits per heavy atom. The van der Waals surface area contributed by atoms with E-state index >= 15 is 0 Å². The van der Waals surface area contributed by atoms with E-state index in [2.05, 4.69) is 97.1 Å². The summed E-state index contributed by atoms with van der Waals surface area (Å²) in [6.07, 6.45) is 0. The number of hydrogen-bond donors (Lipinski definition) is 0. The standard InChI is InChI=1S/2C47H34O6P2/c1-6-24-39-34(15-1)20-11-29-44(39)50-54(51-45-30-12-21-35-16-2-7-25-40(35)45)48-33-38-19-5-10-28-43(38)49-55(52-46-31-13-22-36-17-3-8-26-41(36)46)53-47-32-14-23-37-18-4-9-27-42(37)47;1-5-15-38-29-43(25-21-34(38)11-1)49-54(50-44-26-22-35-12-2-6-16-39(35)30-44)48-33-42-19-9-10-20-47(42)53-55(51-45-27-23-36-13-3-7-17-40(36)31-45)52-46-28-24-37-14-4-8-18-41(37)32-46/h2*1-32H,33H2. The molecule has 0 saturated carbocycles. The SMILES string of the molecule is c1ccc(OP(Oc2ccc3ccccc3c2)Oc2ccc3ccccc3c2)c(COP(Oc2ccc3ccccc3c2)Oc2ccc3ccccc3c2)c1.c1ccc(OP(Oc2cccc3ccccc23)Oc2cccc3ccccc23)c(COP(Oc2cccc3ccccc23)Oc2cccc3ccccc23)c1. The van der Waals surface area contributed by atoms with Gasteiger partial charge in [-0.3, -0.25) is 9.05 Å². The summed E-state index contributed by atoms with van der Waals surface area (Å²) in [5.41, 5.74) is 1.55. The lowest BCUT2D eigenvalue weighted by atomic mass is 10.1. The van der Waals surface area contributed by atoms with Crippen LogP contribution >= 0.6 is 34.4 Å². The van der Waals surface area contributed by atoms with Crippen molar-refractivity contribution in [1.29, 1.82) is 0 Å². The summed E-state index contributed by atoms with van der Waals surface area (Å²) >= 11 is 0. The van der Waals surface area contributed by atoms with Crippen LogP contribution < -0.4 is 45.2 Å². The lowest BCUT2D eigenvalue weighted by Gasteiger charge is -2.22. The minimum atomic E-state index is -2.01. The fraction of sp³-hybridized carbons (Fsp3) is 0.0213.